The van der Waals surface area contributed by atoms with Gasteiger partial charge in [0.1, 0.15) is 5.25 Å². The van der Waals surface area contributed by atoms with E-state index in [2.05, 4.69) is 0 Å². The highest BCUT2D eigenvalue weighted by atomic mass is 35.7. The van der Waals surface area contributed by atoms with E-state index in [1.807, 2.05) is 0 Å². The zero-order valence-electron chi connectivity index (χ0n) is 6.94. The molecule has 14 heavy (non-hydrogen) atoms. The van der Waals surface area contributed by atoms with Crippen molar-refractivity contribution >= 4 is 43.5 Å². The van der Waals surface area contributed by atoms with Crippen LogP contribution in [-0.4, -0.2) is 13.7 Å². The molecule has 2 nitrogen and oxygen atoms in total. The van der Waals surface area contributed by atoms with Crippen LogP contribution in [0.25, 0.3) is 12.2 Å². The van der Waals surface area contributed by atoms with Gasteiger partial charge in [-0.1, -0.05) is 29.8 Å². The Labute approximate surface area is 90.9 Å². The van der Waals surface area contributed by atoms with E-state index in [1.54, 1.807) is 30.4 Å². The molecule has 0 aromatic heterocycles. The van der Waals surface area contributed by atoms with E-state index in [-0.39, 0.29) is 0 Å². The zero-order chi connectivity index (χ0) is 10.3. The predicted molar refractivity (Wildman–Crippen MR) is 58.2 cm³/mol. The highest BCUT2D eigenvalue weighted by Gasteiger charge is 2.20. The van der Waals surface area contributed by atoms with E-state index in [0.717, 1.165) is 10.4 Å². The van der Waals surface area contributed by atoms with E-state index in [4.69, 9.17) is 22.3 Å². The lowest BCUT2D eigenvalue weighted by atomic mass is 10.3. The summed E-state index contributed by atoms with van der Waals surface area (Å²) in [4.78, 5) is 0. The molecule has 1 aliphatic rings. The second kappa shape index (κ2) is 3.26. The Morgan fingerprint density at radius 2 is 1.79 bits per heavy atom. The number of rotatable bonds is 1. The van der Waals surface area contributed by atoms with Crippen LogP contribution < -0.4 is 10.4 Å². The molecular formula is C9H6Cl2O2S. The Kier molecular flexibility index (Phi) is 2.33. The third-order valence-corrected chi connectivity index (χ3v) is 3.84. The topological polar surface area (TPSA) is 34.1 Å². The van der Waals surface area contributed by atoms with E-state index < -0.39 is 14.3 Å². The molecule has 0 saturated carbocycles. The summed E-state index contributed by atoms with van der Waals surface area (Å²) in [7, 11) is 1.68. The Hall–Kier alpha value is -0.510. The normalized spacial score (nSPS) is 19.7. The minimum absolute atomic E-state index is 0.584. The van der Waals surface area contributed by atoms with Crippen LogP contribution in [0.15, 0.2) is 18.2 Å². The molecule has 1 atom stereocenters. The summed E-state index contributed by atoms with van der Waals surface area (Å²) in [6.07, 6.45) is 3.19. The first-order valence-corrected chi connectivity index (χ1v) is 6.64. The van der Waals surface area contributed by atoms with Crippen molar-refractivity contribution in [1.82, 2.24) is 0 Å². The third kappa shape index (κ3) is 1.80. The SMILES string of the molecule is O=S(=O)(Cl)C1C=c2ccc(Cl)cc2=C1. The molecule has 1 aliphatic carbocycles. The first-order valence-electron chi connectivity index (χ1n) is 3.89. The standard InChI is InChI=1S/C9H6Cl2O2S/c10-8-2-1-6-4-9(14(11,12)13)5-7(6)3-8/h1-5,9H. The smallest absolute Gasteiger partial charge is 0.211 e. The van der Waals surface area contributed by atoms with E-state index in [0.29, 0.717) is 5.02 Å². The molecule has 0 saturated heterocycles. The van der Waals surface area contributed by atoms with Crippen molar-refractivity contribution < 1.29 is 8.42 Å². The van der Waals surface area contributed by atoms with Crippen LogP contribution >= 0.6 is 22.3 Å². The second-order valence-corrected chi connectivity index (χ2v) is 6.27. The van der Waals surface area contributed by atoms with Crippen molar-refractivity contribution in [2.24, 2.45) is 0 Å². The summed E-state index contributed by atoms with van der Waals surface area (Å²) < 4.78 is 22.1. The fraction of sp³-hybridized carbons (Fsp3) is 0.111. The number of halogens is 2. The van der Waals surface area contributed by atoms with Gasteiger partial charge >= 0.3 is 0 Å². The van der Waals surface area contributed by atoms with Crippen molar-refractivity contribution in [2.75, 3.05) is 0 Å². The molecule has 0 spiro atoms. The lowest BCUT2D eigenvalue weighted by Gasteiger charge is -1.96. The molecule has 0 N–H and O–H groups in total. The highest BCUT2D eigenvalue weighted by molar-refractivity contribution is 8.14. The van der Waals surface area contributed by atoms with Gasteiger partial charge < -0.3 is 0 Å². The van der Waals surface area contributed by atoms with Crippen molar-refractivity contribution in [3.63, 3.8) is 0 Å². The van der Waals surface area contributed by atoms with Crippen molar-refractivity contribution in [3.05, 3.63) is 33.7 Å². The summed E-state index contributed by atoms with van der Waals surface area (Å²) in [6.45, 7) is 0. The van der Waals surface area contributed by atoms with Crippen molar-refractivity contribution in [2.45, 2.75) is 5.25 Å². The molecule has 0 bridgehead atoms. The van der Waals surface area contributed by atoms with Gasteiger partial charge in [-0.2, -0.15) is 0 Å². The Bertz CT molecular complexity index is 590. The van der Waals surface area contributed by atoms with Crippen LogP contribution in [0, 0.1) is 0 Å². The van der Waals surface area contributed by atoms with E-state index in [9.17, 15) is 8.42 Å². The molecule has 0 fully saturated rings. The zero-order valence-corrected chi connectivity index (χ0v) is 9.27. The first-order chi connectivity index (χ1) is 6.47. The van der Waals surface area contributed by atoms with Crippen LogP contribution in [-0.2, 0) is 9.05 Å². The maximum atomic E-state index is 11.1. The fourth-order valence-electron chi connectivity index (χ4n) is 1.41. The van der Waals surface area contributed by atoms with Crippen LogP contribution in [0.4, 0.5) is 0 Å². The molecule has 2 rings (SSSR count). The summed E-state index contributed by atoms with van der Waals surface area (Å²) in [5, 5.41) is 1.51. The Balaban J connectivity index is 2.66. The second-order valence-electron chi connectivity index (χ2n) is 3.05. The summed E-state index contributed by atoms with van der Waals surface area (Å²) in [5.74, 6) is 0. The maximum absolute atomic E-state index is 11.1. The van der Waals surface area contributed by atoms with E-state index >= 15 is 0 Å². The number of fused-ring (bicyclic) bond motifs is 1. The van der Waals surface area contributed by atoms with Gasteiger partial charge in [0.05, 0.1) is 0 Å². The summed E-state index contributed by atoms with van der Waals surface area (Å²) in [5.41, 5.74) is 0. The summed E-state index contributed by atoms with van der Waals surface area (Å²) >= 11 is 5.77. The highest BCUT2D eigenvalue weighted by Crippen LogP contribution is 2.12. The maximum Gasteiger partial charge on any atom is 0.242 e. The van der Waals surface area contributed by atoms with Gasteiger partial charge in [-0.3, -0.25) is 0 Å². The van der Waals surface area contributed by atoms with Gasteiger partial charge in [-0.05, 0) is 22.6 Å². The monoisotopic (exact) mass is 248 g/mol. The minimum atomic E-state index is -3.57. The quantitative estimate of drug-likeness (QED) is 0.691. The molecule has 5 heteroatoms. The average molecular weight is 249 g/mol. The lowest BCUT2D eigenvalue weighted by Crippen LogP contribution is -2.19. The van der Waals surface area contributed by atoms with Crippen LogP contribution in [0.3, 0.4) is 0 Å². The van der Waals surface area contributed by atoms with Crippen molar-refractivity contribution in [3.8, 4) is 0 Å². The molecule has 0 heterocycles. The van der Waals surface area contributed by atoms with Gasteiger partial charge in [-0.15, -0.1) is 0 Å². The molecule has 0 radical (unpaired) electrons. The van der Waals surface area contributed by atoms with Crippen molar-refractivity contribution in [1.29, 1.82) is 0 Å². The first kappa shape index (κ1) is 10.0. The summed E-state index contributed by atoms with van der Waals surface area (Å²) in [6, 6.07) is 5.21. The largest absolute Gasteiger partial charge is 0.242 e. The molecule has 74 valence electrons. The lowest BCUT2D eigenvalue weighted by molar-refractivity contribution is 0.610. The van der Waals surface area contributed by atoms with Gasteiger partial charge in [0, 0.05) is 15.7 Å². The van der Waals surface area contributed by atoms with E-state index in [1.165, 1.54) is 0 Å². The molecule has 0 aliphatic heterocycles. The minimum Gasteiger partial charge on any atom is -0.211 e. The van der Waals surface area contributed by atoms with Crippen LogP contribution in [0.2, 0.25) is 5.02 Å². The molecular weight excluding hydrogens is 243 g/mol. The fourth-order valence-corrected chi connectivity index (χ4v) is 2.51. The van der Waals surface area contributed by atoms with Crippen LogP contribution in [0.5, 0.6) is 0 Å². The number of hydrogen-bond acceptors (Lipinski definition) is 2. The Morgan fingerprint density at radius 3 is 2.43 bits per heavy atom. The average Bonchev–Trinajstić information content (AvgIpc) is 2.45. The van der Waals surface area contributed by atoms with Crippen LogP contribution in [0.1, 0.15) is 0 Å². The molecule has 1 unspecified atom stereocenters. The molecule has 1 aromatic rings. The van der Waals surface area contributed by atoms with Gasteiger partial charge in [0.25, 0.3) is 0 Å². The molecule has 1 aromatic carbocycles. The van der Waals surface area contributed by atoms with Gasteiger partial charge in [0.15, 0.2) is 0 Å². The Morgan fingerprint density at radius 1 is 1.14 bits per heavy atom. The predicted octanol–water partition coefficient (Wildman–Crippen LogP) is 0.852. The third-order valence-electron chi connectivity index (χ3n) is 2.06. The molecule has 0 amide bonds. The van der Waals surface area contributed by atoms with Gasteiger partial charge in [0.2, 0.25) is 9.05 Å². The number of benzene rings is 1. The van der Waals surface area contributed by atoms with Gasteiger partial charge in [-0.25, -0.2) is 8.42 Å². The number of hydrogen-bond donors (Lipinski definition) is 0.